The van der Waals surface area contributed by atoms with Gasteiger partial charge in [-0.3, -0.25) is 0 Å². The predicted octanol–water partition coefficient (Wildman–Crippen LogP) is 3.25. The van der Waals surface area contributed by atoms with E-state index in [1.165, 1.54) is 8.45 Å². The first kappa shape index (κ1) is 16.4. The molecule has 0 aliphatic rings. The van der Waals surface area contributed by atoms with Gasteiger partial charge in [0.25, 0.3) is 0 Å². The summed E-state index contributed by atoms with van der Waals surface area (Å²) in [5, 5.41) is 5.65. The lowest BCUT2D eigenvalue weighted by Gasteiger charge is -2.19. The van der Waals surface area contributed by atoms with Crippen molar-refractivity contribution in [3.63, 3.8) is 0 Å². The maximum absolute atomic E-state index is 5.38. The molecular formula is C14H18IN3O2S. The molecule has 5 nitrogen and oxygen atoms in total. The van der Waals surface area contributed by atoms with E-state index in [-0.39, 0.29) is 6.04 Å². The third-order valence-electron chi connectivity index (χ3n) is 2.94. The van der Waals surface area contributed by atoms with E-state index in [0.717, 1.165) is 18.7 Å². The molecule has 0 bridgehead atoms. The van der Waals surface area contributed by atoms with Crippen LogP contribution in [-0.4, -0.2) is 30.7 Å². The van der Waals surface area contributed by atoms with Crippen LogP contribution in [-0.2, 0) is 0 Å². The molecule has 0 aliphatic heterocycles. The van der Waals surface area contributed by atoms with Crippen LogP contribution in [0.1, 0.15) is 30.6 Å². The van der Waals surface area contributed by atoms with Crippen molar-refractivity contribution in [2.45, 2.75) is 19.4 Å². The third-order valence-corrected chi connectivity index (χ3v) is 4.75. The monoisotopic (exact) mass is 419 g/mol. The molecule has 114 valence electrons. The van der Waals surface area contributed by atoms with Crippen LogP contribution in [0.4, 0.5) is 0 Å². The number of halogens is 1. The highest BCUT2D eigenvalue weighted by molar-refractivity contribution is 14.1. The summed E-state index contributed by atoms with van der Waals surface area (Å²) in [6.07, 6.45) is 2.67. The molecule has 0 saturated heterocycles. The molecule has 1 unspecified atom stereocenters. The molecule has 2 heterocycles. The van der Waals surface area contributed by atoms with E-state index >= 15 is 0 Å². The molecule has 0 saturated carbocycles. The third kappa shape index (κ3) is 4.04. The molecular weight excluding hydrogens is 401 g/mol. The van der Waals surface area contributed by atoms with Gasteiger partial charge in [0, 0.05) is 0 Å². The lowest BCUT2D eigenvalue weighted by molar-refractivity contribution is 0.352. The number of hydrogen-bond acceptors (Lipinski definition) is 6. The lowest BCUT2D eigenvalue weighted by Crippen LogP contribution is -2.24. The van der Waals surface area contributed by atoms with Crippen LogP contribution in [0, 0.1) is 2.88 Å². The molecule has 1 N–H and O–H groups in total. The topological polar surface area (TPSA) is 56.3 Å². The van der Waals surface area contributed by atoms with Crippen molar-refractivity contribution >= 4 is 33.9 Å². The smallest absolute Gasteiger partial charge is 0.240 e. The number of methoxy groups -OCH3 is 2. The number of ether oxygens (including phenoxy) is 2. The number of nitrogens with one attached hydrogen (secondary N) is 1. The van der Waals surface area contributed by atoms with Crippen molar-refractivity contribution in [2.75, 3.05) is 20.8 Å². The van der Waals surface area contributed by atoms with Crippen molar-refractivity contribution in [2.24, 2.45) is 0 Å². The molecule has 0 aliphatic carbocycles. The fourth-order valence-corrected chi connectivity index (χ4v) is 3.35. The molecule has 2 rings (SSSR count). The Labute approximate surface area is 142 Å². The standard InChI is InChI=1S/C14H18IN3O2S/c1-4-5-16-12(9-6-10(15)21-8-9)13-14(20-3)18-11(19-2)7-17-13/h6-8,12,16H,4-5H2,1-3H3. The van der Waals surface area contributed by atoms with E-state index < -0.39 is 0 Å². The average molecular weight is 419 g/mol. The molecule has 1 atom stereocenters. The summed E-state index contributed by atoms with van der Waals surface area (Å²) in [6, 6.07) is 2.13. The summed E-state index contributed by atoms with van der Waals surface area (Å²) in [7, 11) is 3.17. The second-order valence-electron chi connectivity index (χ2n) is 4.38. The first-order chi connectivity index (χ1) is 10.2. The number of thiophene rings is 1. The molecule has 2 aromatic heterocycles. The molecule has 0 radical (unpaired) electrons. The molecule has 21 heavy (non-hydrogen) atoms. The largest absolute Gasteiger partial charge is 0.480 e. The Bertz CT molecular complexity index is 591. The van der Waals surface area contributed by atoms with E-state index in [9.17, 15) is 0 Å². The quantitative estimate of drug-likeness (QED) is 0.699. The van der Waals surface area contributed by atoms with Gasteiger partial charge in [-0.1, -0.05) is 6.92 Å². The van der Waals surface area contributed by atoms with Gasteiger partial charge in [-0.2, -0.15) is 4.98 Å². The van der Waals surface area contributed by atoms with E-state index in [0.29, 0.717) is 11.8 Å². The highest BCUT2D eigenvalue weighted by Gasteiger charge is 2.22. The van der Waals surface area contributed by atoms with Crippen LogP contribution in [0.5, 0.6) is 11.8 Å². The fraction of sp³-hybridized carbons (Fsp3) is 0.429. The molecule has 0 amide bonds. The summed E-state index contributed by atoms with van der Waals surface area (Å²) in [5.41, 5.74) is 1.96. The van der Waals surface area contributed by atoms with Gasteiger partial charge in [-0.25, -0.2) is 4.98 Å². The summed E-state index contributed by atoms with van der Waals surface area (Å²) < 4.78 is 11.7. The van der Waals surface area contributed by atoms with Crippen molar-refractivity contribution in [1.82, 2.24) is 15.3 Å². The maximum atomic E-state index is 5.38. The number of aromatic nitrogens is 2. The summed E-state index contributed by atoms with van der Waals surface area (Å²) in [5.74, 6) is 0.939. The second kappa shape index (κ2) is 7.90. The minimum atomic E-state index is -0.0296. The first-order valence-corrected chi connectivity index (χ1v) is 8.57. The first-order valence-electron chi connectivity index (χ1n) is 6.61. The second-order valence-corrected chi connectivity index (χ2v) is 7.18. The summed E-state index contributed by atoms with van der Waals surface area (Å²) >= 11 is 4.04. The SMILES string of the molecule is CCCNC(c1csc(I)c1)c1ncc(OC)nc1OC. The van der Waals surface area contributed by atoms with Gasteiger partial charge in [-0.05, 0) is 52.6 Å². The van der Waals surface area contributed by atoms with Crippen molar-refractivity contribution in [1.29, 1.82) is 0 Å². The van der Waals surface area contributed by atoms with Gasteiger partial charge in [0.05, 0.1) is 29.3 Å². The van der Waals surface area contributed by atoms with Crippen molar-refractivity contribution < 1.29 is 9.47 Å². The van der Waals surface area contributed by atoms with Crippen LogP contribution >= 0.6 is 33.9 Å². The molecule has 2 aromatic rings. The Morgan fingerprint density at radius 2 is 2.19 bits per heavy atom. The van der Waals surface area contributed by atoms with Gasteiger partial charge in [0.15, 0.2) is 0 Å². The summed E-state index contributed by atoms with van der Waals surface area (Å²) in [6.45, 7) is 3.03. The zero-order chi connectivity index (χ0) is 15.2. The molecule has 7 heteroatoms. The minimum Gasteiger partial charge on any atom is -0.480 e. The van der Waals surface area contributed by atoms with Crippen LogP contribution < -0.4 is 14.8 Å². The van der Waals surface area contributed by atoms with Crippen molar-refractivity contribution in [3.05, 3.63) is 31.8 Å². The van der Waals surface area contributed by atoms with E-state index in [1.807, 2.05) is 0 Å². The van der Waals surface area contributed by atoms with E-state index in [1.54, 1.807) is 31.8 Å². The van der Waals surface area contributed by atoms with Crippen LogP contribution in [0.2, 0.25) is 0 Å². The Kier molecular flexibility index (Phi) is 6.19. The Balaban J connectivity index is 2.40. The normalized spacial score (nSPS) is 12.2. The van der Waals surface area contributed by atoms with Crippen LogP contribution in [0.15, 0.2) is 17.6 Å². The number of rotatable bonds is 7. The molecule has 0 fully saturated rings. The van der Waals surface area contributed by atoms with Gasteiger partial charge in [0.1, 0.15) is 5.69 Å². The summed E-state index contributed by atoms with van der Waals surface area (Å²) in [4.78, 5) is 8.81. The zero-order valence-electron chi connectivity index (χ0n) is 12.2. The fourth-order valence-electron chi connectivity index (χ4n) is 1.95. The Hall–Kier alpha value is -0.930. The van der Waals surface area contributed by atoms with E-state index in [2.05, 4.69) is 56.2 Å². The van der Waals surface area contributed by atoms with Gasteiger partial charge >= 0.3 is 0 Å². The minimum absolute atomic E-state index is 0.0296. The average Bonchev–Trinajstić information content (AvgIpc) is 2.94. The Morgan fingerprint density at radius 3 is 2.76 bits per heavy atom. The molecule has 0 aromatic carbocycles. The van der Waals surface area contributed by atoms with Gasteiger partial charge in [0.2, 0.25) is 11.8 Å². The number of hydrogen-bond donors (Lipinski definition) is 1. The maximum Gasteiger partial charge on any atom is 0.240 e. The zero-order valence-corrected chi connectivity index (χ0v) is 15.2. The highest BCUT2D eigenvalue weighted by atomic mass is 127. The molecule has 0 spiro atoms. The van der Waals surface area contributed by atoms with Crippen LogP contribution in [0.25, 0.3) is 0 Å². The lowest BCUT2D eigenvalue weighted by atomic mass is 10.1. The van der Waals surface area contributed by atoms with Gasteiger partial charge < -0.3 is 14.8 Å². The van der Waals surface area contributed by atoms with Crippen molar-refractivity contribution in [3.8, 4) is 11.8 Å². The van der Waals surface area contributed by atoms with Gasteiger partial charge in [-0.15, -0.1) is 11.3 Å². The van der Waals surface area contributed by atoms with E-state index in [4.69, 9.17) is 9.47 Å². The predicted molar refractivity (Wildman–Crippen MR) is 92.3 cm³/mol. The number of nitrogens with zero attached hydrogens (tertiary/aromatic N) is 2. The Morgan fingerprint density at radius 1 is 1.38 bits per heavy atom. The highest BCUT2D eigenvalue weighted by Crippen LogP contribution is 2.31. The van der Waals surface area contributed by atoms with Crippen LogP contribution in [0.3, 0.4) is 0 Å².